The zero-order chi connectivity index (χ0) is 52.5. The van der Waals surface area contributed by atoms with Crippen LogP contribution in [0.5, 0.6) is 0 Å². The average molecular weight is 2020 g/mol. The molecule has 0 amide bonds. The summed E-state index contributed by atoms with van der Waals surface area (Å²) in [6, 6.07) is 0. The highest BCUT2D eigenvalue weighted by molar-refractivity contribution is 9.55. The third-order valence-corrected chi connectivity index (χ3v) is 448. The van der Waals surface area contributed by atoms with Gasteiger partial charge in [-0.2, -0.15) is 0 Å². The van der Waals surface area contributed by atoms with Crippen molar-refractivity contribution in [3.05, 3.63) is 0 Å². The smallest absolute Gasteiger partial charge is 0.0000103 e. The molecule has 0 bridgehead atoms. The first-order chi connectivity index (χ1) is 30.0. The molecule has 0 saturated carbocycles. The molecular weight excluding hydrogens is 1950 g/mol. The first-order valence-corrected chi connectivity index (χ1v) is 130. The van der Waals surface area contributed by atoms with Gasteiger partial charge in [0.2, 0.25) is 0 Å². The Labute approximate surface area is 509 Å². The molecule has 0 aliphatic rings. The minimum Gasteiger partial charge on any atom is -0.106 e. The van der Waals surface area contributed by atoms with Gasteiger partial charge < -0.3 is 0 Å². The Kier molecular flexibility index (Phi) is 69.5. The molecule has 36 unspecified atom stereocenters. The molecule has 0 aromatic rings. The lowest BCUT2D eigenvalue weighted by Crippen LogP contribution is -1.75. The van der Waals surface area contributed by atoms with Crippen molar-refractivity contribution in [3.63, 3.8) is 0 Å². The lowest BCUT2D eigenvalue weighted by atomic mass is 11.9. The largest absolute Gasteiger partial charge is 0.106 e. The van der Waals surface area contributed by atoms with Gasteiger partial charge in [-0.15, -0.1) is 259 Å². The van der Waals surface area contributed by atoms with Gasteiger partial charge in [0.25, 0.3) is 0 Å². The van der Waals surface area contributed by atoms with Crippen molar-refractivity contribution >= 4 is 484 Å². The lowest BCUT2D eigenvalue weighted by molar-refractivity contribution is 2.28. The van der Waals surface area contributed by atoms with Crippen molar-refractivity contribution in [2.45, 2.75) is 0 Å². The standard InChI is InChI=1S/C5H73P61/c1-35(2)52(36(3)4)60(51(33)34)64(59(49(29)30)50(31)32)66(63(57(45(21)22)46(23)24)58(47(25)26)48(27)28)65(61(53(37(5)6)38(7)8)54(39(9)10)40(11)12)62(55(41(13)14)42(15)16)56(43(17)18)44(19)20/h6-34H2,1-5H3. The molecule has 398 valence electrons. The highest BCUT2D eigenvalue weighted by Gasteiger charge is 2.62. The zero-order valence-electron chi connectivity index (χ0n) is 36.1. The fourth-order valence-electron chi connectivity index (χ4n) is 4.43. The molecule has 0 N–H and O–H groups in total. The van der Waals surface area contributed by atoms with E-state index in [0.29, 0.717) is 0 Å². The van der Waals surface area contributed by atoms with E-state index in [4.69, 9.17) is 0 Å². The van der Waals surface area contributed by atoms with E-state index in [1.54, 1.807) is 0 Å². The van der Waals surface area contributed by atoms with Gasteiger partial charge in [-0.3, -0.25) is 0 Å². The summed E-state index contributed by atoms with van der Waals surface area (Å²) in [5, 5.41) is 0. The van der Waals surface area contributed by atoms with Crippen LogP contribution in [0.2, 0.25) is 0 Å². The molecule has 36 atom stereocenters. The molecule has 61 heteroatoms. The summed E-state index contributed by atoms with van der Waals surface area (Å²) in [4.78, 5) is 0. The first kappa shape index (κ1) is 92.2. The molecule has 0 aliphatic carbocycles. The van der Waals surface area contributed by atoms with Gasteiger partial charge in [0.05, 0.1) is 0 Å². The summed E-state index contributed by atoms with van der Waals surface area (Å²) >= 11 is 0. The van der Waals surface area contributed by atoms with Crippen LogP contribution in [0, 0.1) is 0 Å². The number of hydrogen-bond donors (Lipinski definition) is 0. The van der Waals surface area contributed by atoms with E-state index in [0.717, 1.165) is 0 Å². The summed E-state index contributed by atoms with van der Waals surface area (Å²) in [7, 11) is 105. The quantitative estimate of drug-likeness (QED) is 0.0607. The van der Waals surface area contributed by atoms with Crippen LogP contribution in [0.15, 0.2) is 0 Å². The Morgan fingerprint density at radius 2 is 0.258 bits per heavy atom. The van der Waals surface area contributed by atoms with Crippen LogP contribution in [-0.2, 0) is 0 Å². The van der Waals surface area contributed by atoms with Crippen LogP contribution in [0.1, 0.15) is 0 Å². The second kappa shape index (κ2) is 49.7. The highest BCUT2D eigenvalue weighted by Crippen LogP contribution is 3.49. The van der Waals surface area contributed by atoms with Crippen molar-refractivity contribution in [1.82, 2.24) is 0 Å². The fraction of sp³-hybridized carbons (Fsp3) is 1.00. The molecular formula is C5H73P61. The molecule has 0 spiro atoms. The maximum atomic E-state index is 3.71. The maximum Gasteiger partial charge on any atom is -0.0000103 e. The molecule has 0 aromatic carbocycles. The molecule has 0 fully saturated rings. The van der Waals surface area contributed by atoms with Crippen LogP contribution in [0.3, 0.4) is 0 Å². The average Bonchev–Trinajstić information content (AvgIpc) is 3.08. The minimum absolute atomic E-state index is 0.0307. The van der Waals surface area contributed by atoms with E-state index in [1.165, 1.54) is 0 Å². The van der Waals surface area contributed by atoms with Crippen molar-refractivity contribution in [2.24, 2.45) is 0 Å². The SMILES string of the molecule is CP(C)P(P(C)C)P(P(P)P)P(P(P(P)P)P(P)P)P(P(P(P(P)P)P(P)P)P(P(P)P)P(P)P)P(P(P(P(C)P)P(P)P)P(P(P)P)P(P)P)P(P(P(P)P)P(P)P)P(P(P)P)P(P)P. The van der Waals surface area contributed by atoms with Crippen molar-refractivity contribution in [3.8, 4) is 0 Å². The first-order valence-electron chi connectivity index (χ1n) is 15.9. The van der Waals surface area contributed by atoms with Crippen LogP contribution in [0.25, 0.3) is 0 Å². The van der Waals surface area contributed by atoms with Crippen LogP contribution < -0.4 is 0 Å². The molecule has 0 saturated heterocycles. The summed E-state index contributed by atoms with van der Waals surface area (Å²) in [6.45, 7) is 7.10. The predicted octanol–water partition coefficient (Wildman–Crippen LogP) is 37.8. The van der Waals surface area contributed by atoms with E-state index in [2.05, 4.69) is 292 Å². The highest BCUT2D eigenvalue weighted by atomic mass is 33.6. The third-order valence-electron chi connectivity index (χ3n) is 6.13. The Bertz CT molecular complexity index is 1090. The van der Waals surface area contributed by atoms with Crippen LogP contribution in [-0.4, -0.2) is 33.3 Å². The Morgan fingerprint density at radius 1 is 0.136 bits per heavy atom. The lowest BCUT2D eigenvalue weighted by Gasteiger charge is -2.61. The molecule has 0 radical (unpaired) electrons. The predicted molar refractivity (Wildman–Crippen MR) is 533 cm³/mol. The Balaban J connectivity index is 11.3. The second-order valence-corrected chi connectivity index (χ2v) is 269. The van der Waals surface area contributed by atoms with Gasteiger partial charge in [0, 0.05) is 0 Å². The monoisotopic (exact) mass is 2020 g/mol. The molecule has 0 aliphatic heterocycles. The summed E-state index contributed by atoms with van der Waals surface area (Å²) < 4.78 is 0. The second-order valence-electron chi connectivity index (χ2n) is 11.6. The van der Waals surface area contributed by atoms with E-state index < -0.39 is 0 Å². The summed E-state index contributed by atoms with van der Waals surface area (Å²) in [6.07, 6.45) is 0. The van der Waals surface area contributed by atoms with Gasteiger partial charge in [-0.1, -0.05) is 22.5 Å². The third kappa shape index (κ3) is 31.8. The van der Waals surface area contributed by atoms with E-state index in [9.17, 15) is 0 Å². The van der Waals surface area contributed by atoms with E-state index in [-0.39, 0.29) is 225 Å². The Hall–Kier alpha value is 26.2. The van der Waals surface area contributed by atoms with Crippen LogP contribution >= 0.6 is 484 Å². The Morgan fingerprint density at radius 3 is 0.379 bits per heavy atom. The van der Waals surface area contributed by atoms with E-state index in [1.807, 2.05) is 0 Å². The molecule has 0 nitrogen and oxygen atoms in total. The van der Waals surface area contributed by atoms with Gasteiger partial charge in [0.1, 0.15) is 0 Å². The summed E-state index contributed by atoms with van der Waals surface area (Å²) in [5.41, 5.74) is 0. The van der Waals surface area contributed by atoms with E-state index >= 15 is 0 Å². The van der Waals surface area contributed by atoms with Gasteiger partial charge in [-0.25, -0.2) is 0 Å². The van der Waals surface area contributed by atoms with Crippen molar-refractivity contribution < 1.29 is 0 Å². The minimum atomic E-state index is -0.284. The normalized spacial score (nSPS) is 17.5. The molecule has 0 aromatic heterocycles. The molecule has 0 rings (SSSR count). The van der Waals surface area contributed by atoms with Crippen molar-refractivity contribution in [2.75, 3.05) is 33.3 Å². The van der Waals surface area contributed by atoms with Crippen LogP contribution in [0.4, 0.5) is 0 Å². The maximum absolute atomic E-state index is 3.71. The molecule has 0 heterocycles. The number of rotatable bonds is 31. The van der Waals surface area contributed by atoms with Gasteiger partial charge >= 0.3 is 0 Å². The topological polar surface area (TPSA) is 0 Å². The fourth-order valence-corrected chi connectivity index (χ4v) is 917. The number of hydrogen-bond acceptors (Lipinski definition) is 0. The zero-order valence-corrected chi connectivity index (χ0v) is 98.2. The van der Waals surface area contributed by atoms with Crippen molar-refractivity contribution in [1.29, 1.82) is 0 Å². The van der Waals surface area contributed by atoms with Gasteiger partial charge in [-0.05, 0) is 236 Å². The van der Waals surface area contributed by atoms with Gasteiger partial charge in [0.15, 0.2) is 0 Å². The molecule has 66 heavy (non-hydrogen) atoms. The summed E-state index contributed by atoms with van der Waals surface area (Å²) in [5.74, 6) is 0.